The summed E-state index contributed by atoms with van der Waals surface area (Å²) >= 11 is 0. The van der Waals surface area contributed by atoms with Crippen LogP contribution in [0, 0.1) is 11.8 Å². The van der Waals surface area contributed by atoms with Gasteiger partial charge in [0.2, 0.25) is 0 Å². The molecule has 88 valence electrons. The zero-order valence-electron chi connectivity index (χ0n) is 9.48. The Bertz CT molecular complexity index is 293. The molecule has 0 aromatic carbocycles. The highest BCUT2D eigenvalue weighted by atomic mass is 32.2. The zero-order valence-corrected chi connectivity index (χ0v) is 10.3. The van der Waals surface area contributed by atoms with Gasteiger partial charge in [-0.05, 0) is 24.7 Å². The third-order valence-corrected chi connectivity index (χ3v) is 5.47. The van der Waals surface area contributed by atoms with Gasteiger partial charge in [-0.3, -0.25) is 0 Å². The molecule has 0 N–H and O–H groups in total. The van der Waals surface area contributed by atoms with Gasteiger partial charge in [-0.2, -0.15) is 0 Å². The Kier molecular flexibility index (Phi) is 3.36. The van der Waals surface area contributed by atoms with E-state index >= 15 is 0 Å². The molecule has 2 aliphatic rings. The van der Waals surface area contributed by atoms with Crippen molar-refractivity contribution < 1.29 is 8.42 Å². The van der Waals surface area contributed by atoms with Gasteiger partial charge >= 0.3 is 0 Å². The first-order chi connectivity index (χ1) is 7.09. The Hall–Kier alpha value is -0.0900. The van der Waals surface area contributed by atoms with Gasteiger partial charge in [-0.1, -0.05) is 13.3 Å². The number of sulfone groups is 1. The van der Waals surface area contributed by atoms with Gasteiger partial charge in [0, 0.05) is 19.6 Å². The van der Waals surface area contributed by atoms with E-state index in [1.807, 2.05) is 0 Å². The lowest BCUT2D eigenvalue weighted by Crippen LogP contribution is -2.44. The lowest BCUT2D eigenvalue weighted by Gasteiger charge is -2.39. The number of hydrogen-bond donors (Lipinski definition) is 0. The molecule has 0 amide bonds. The van der Waals surface area contributed by atoms with Crippen LogP contribution in [0.4, 0.5) is 0 Å². The standard InChI is InChI=1S/C11H21NO2S/c1-2-10-7-11(8-10)9-12-3-5-15(13,14)6-4-12/h10-11H,2-9H2,1H3. The Morgan fingerprint density at radius 2 is 1.73 bits per heavy atom. The van der Waals surface area contributed by atoms with E-state index in [1.165, 1.54) is 19.3 Å². The van der Waals surface area contributed by atoms with E-state index in [9.17, 15) is 8.42 Å². The van der Waals surface area contributed by atoms with Crippen molar-refractivity contribution in [1.82, 2.24) is 4.90 Å². The summed E-state index contributed by atoms with van der Waals surface area (Å²) in [4.78, 5) is 2.33. The van der Waals surface area contributed by atoms with E-state index in [-0.39, 0.29) is 0 Å². The molecule has 2 fully saturated rings. The largest absolute Gasteiger partial charge is 0.301 e. The van der Waals surface area contributed by atoms with Gasteiger partial charge in [0.15, 0.2) is 9.84 Å². The van der Waals surface area contributed by atoms with Gasteiger partial charge in [0.1, 0.15) is 0 Å². The van der Waals surface area contributed by atoms with Crippen molar-refractivity contribution in [2.45, 2.75) is 26.2 Å². The van der Waals surface area contributed by atoms with E-state index in [0.717, 1.165) is 31.5 Å². The fourth-order valence-corrected chi connectivity index (χ4v) is 3.93. The van der Waals surface area contributed by atoms with Crippen molar-refractivity contribution in [2.24, 2.45) is 11.8 Å². The third-order valence-electron chi connectivity index (χ3n) is 3.86. The van der Waals surface area contributed by atoms with Crippen LogP contribution in [-0.2, 0) is 9.84 Å². The smallest absolute Gasteiger partial charge is 0.152 e. The van der Waals surface area contributed by atoms with Crippen LogP contribution in [0.3, 0.4) is 0 Å². The second-order valence-electron chi connectivity index (χ2n) is 5.06. The second-order valence-corrected chi connectivity index (χ2v) is 7.37. The third kappa shape index (κ3) is 2.94. The molecule has 1 saturated heterocycles. The second kappa shape index (κ2) is 4.42. The minimum atomic E-state index is -2.70. The molecule has 3 nitrogen and oxygen atoms in total. The van der Waals surface area contributed by atoms with E-state index in [4.69, 9.17) is 0 Å². The molecule has 15 heavy (non-hydrogen) atoms. The van der Waals surface area contributed by atoms with Crippen LogP contribution in [0.1, 0.15) is 26.2 Å². The molecule has 0 unspecified atom stereocenters. The van der Waals surface area contributed by atoms with Crippen LogP contribution in [-0.4, -0.2) is 44.5 Å². The van der Waals surface area contributed by atoms with Gasteiger partial charge < -0.3 is 4.90 Å². The SMILES string of the molecule is CCC1CC(CN2CCS(=O)(=O)CC2)C1. The van der Waals surface area contributed by atoms with E-state index in [0.29, 0.717) is 11.5 Å². The summed E-state index contributed by atoms with van der Waals surface area (Å²) in [7, 11) is -2.70. The molecule has 0 aromatic rings. The molecule has 1 aliphatic heterocycles. The quantitative estimate of drug-likeness (QED) is 0.731. The van der Waals surface area contributed by atoms with Crippen LogP contribution >= 0.6 is 0 Å². The van der Waals surface area contributed by atoms with Crippen LogP contribution in [0.25, 0.3) is 0 Å². The Balaban J connectivity index is 1.70. The number of hydrogen-bond acceptors (Lipinski definition) is 3. The molecule has 1 heterocycles. The summed E-state index contributed by atoms with van der Waals surface area (Å²) in [6.45, 7) is 4.91. The molecule has 0 atom stereocenters. The maximum Gasteiger partial charge on any atom is 0.152 e. The average Bonchev–Trinajstić information content (AvgIpc) is 2.13. The molecule has 4 heteroatoms. The highest BCUT2D eigenvalue weighted by Crippen LogP contribution is 2.36. The predicted molar refractivity (Wildman–Crippen MR) is 61.6 cm³/mol. The normalized spacial score (nSPS) is 36.1. The topological polar surface area (TPSA) is 37.4 Å². The fraction of sp³-hybridized carbons (Fsp3) is 1.00. The van der Waals surface area contributed by atoms with E-state index in [2.05, 4.69) is 11.8 Å². The Morgan fingerprint density at radius 3 is 2.27 bits per heavy atom. The molecule has 0 aromatic heterocycles. The van der Waals surface area contributed by atoms with Crippen molar-refractivity contribution in [1.29, 1.82) is 0 Å². The average molecular weight is 231 g/mol. The molecule has 0 bridgehead atoms. The van der Waals surface area contributed by atoms with E-state index in [1.54, 1.807) is 0 Å². The van der Waals surface area contributed by atoms with Gasteiger partial charge in [0.25, 0.3) is 0 Å². The fourth-order valence-electron chi connectivity index (χ4n) is 2.65. The molecular formula is C11H21NO2S. The summed E-state index contributed by atoms with van der Waals surface area (Å²) in [6, 6.07) is 0. The van der Waals surface area contributed by atoms with Crippen molar-refractivity contribution >= 4 is 9.84 Å². The highest BCUT2D eigenvalue weighted by Gasteiger charge is 2.30. The summed E-state index contributed by atoms with van der Waals surface area (Å²) in [6.07, 6.45) is 4.03. The maximum atomic E-state index is 11.2. The number of nitrogens with zero attached hydrogens (tertiary/aromatic N) is 1. The highest BCUT2D eigenvalue weighted by molar-refractivity contribution is 7.91. The van der Waals surface area contributed by atoms with Crippen molar-refractivity contribution in [2.75, 3.05) is 31.1 Å². The summed E-state index contributed by atoms with van der Waals surface area (Å²) in [5.41, 5.74) is 0. The monoisotopic (exact) mass is 231 g/mol. The Morgan fingerprint density at radius 1 is 1.13 bits per heavy atom. The number of rotatable bonds is 3. The first-order valence-electron chi connectivity index (χ1n) is 6.02. The molecule has 2 rings (SSSR count). The van der Waals surface area contributed by atoms with Crippen LogP contribution < -0.4 is 0 Å². The van der Waals surface area contributed by atoms with Crippen molar-refractivity contribution in [3.8, 4) is 0 Å². The lowest BCUT2D eigenvalue weighted by atomic mass is 9.73. The minimum absolute atomic E-state index is 0.372. The van der Waals surface area contributed by atoms with Crippen LogP contribution in [0.5, 0.6) is 0 Å². The first-order valence-corrected chi connectivity index (χ1v) is 7.84. The summed E-state index contributed by atoms with van der Waals surface area (Å²) in [5, 5.41) is 0. The predicted octanol–water partition coefficient (Wildman–Crippen LogP) is 1.15. The maximum absolute atomic E-state index is 11.2. The van der Waals surface area contributed by atoms with Crippen LogP contribution in [0.2, 0.25) is 0 Å². The van der Waals surface area contributed by atoms with Gasteiger partial charge in [0.05, 0.1) is 11.5 Å². The summed E-state index contributed by atoms with van der Waals surface area (Å²) < 4.78 is 22.5. The van der Waals surface area contributed by atoms with Crippen molar-refractivity contribution in [3.05, 3.63) is 0 Å². The molecule has 1 saturated carbocycles. The van der Waals surface area contributed by atoms with Gasteiger partial charge in [-0.25, -0.2) is 8.42 Å². The lowest BCUT2D eigenvalue weighted by molar-refractivity contribution is 0.127. The molecular weight excluding hydrogens is 210 g/mol. The van der Waals surface area contributed by atoms with E-state index < -0.39 is 9.84 Å². The zero-order chi connectivity index (χ0) is 10.9. The minimum Gasteiger partial charge on any atom is -0.301 e. The molecule has 1 aliphatic carbocycles. The summed E-state index contributed by atoms with van der Waals surface area (Å²) in [5.74, 6) is 2.53. The van der Waals surface area contributed by atoms with Gasteiger partial charge in [-0.15, -0.1) is 0 Å². The Labute approximate surface area is 92.8 Å². The first kappa shape index (κ1) is 11.4. The molecule has 0 radical (unpaired) electrons. The van der Waals surface area contributed by atoms with Crippen LogP contribution in [0.15, 0.2) is 0 Å². The van der Waals surface area contributed by atoms with Crippen molar-refractivity contribution in [3.63, 3.8) is 0 Å². The molecule has 0 spiro atoms.